The fourth-order valence-electron chi connectivity index (χ4n) is 1.52. The molecule has 0 aliphatic heterocycles. The second-order valence-electron chi connectivity index (χ2n) is 4.55. The quantitative estimate of drug-likeness (QED) is 0.848. The summed E-state index contributed by atoms with van der Waals surface area (Å²) < 4.78 is 12.7. The molecule has 0 saturated heterocycles. The first-order valence-electron chi connectivity index (χ1n) is 5.72. The largest absolute Gasteiger partial charge is 0.387 e. The van der Waals surface area contributed by atoms with E-state index in [0.29, 0.717) is 12.1 Å². The van der Waals surface area contributed by atoms with Crippen molar-refractivity contribution >= 4 is 5.91 Å². The fourth-order valence-corrected chi connectivity index (χ4v) is 1.52. The van der Waals surface area contributed by atoms with Crippen LogP contribution < -0.4 is 0 Å². The van der Waals surface area contributed by atoms with Gasteiger partial charge in [0.1, 0.15) is 5.82 Å². The van der Waals surface area contributed by atoms with Crippen LogP contribution >= 0.6 is 0 Å². The molecule has 1 aromatic carbocycles. The lowest BCUT2D eigenvalue weighted by atomic mass is 10.1. The molecule has 0 spiro atoms. The van der Waals surface area contributed by atoms with Gasteiger partial charge in [0.2, 0.25) is 5.91 Å². The minimum absolute atomic E-state index is 0.0243. The van der Waals surface area contributed by atoms with Gasteiger partial charge < -0.3 is 10.0 Å². The van der Waals surface area contributed by atoms with Crippen molar-refractivity contribution in [3.05, 3.63) is 35.6 Å². The van der Waals surface area contributed by atoms with Crippen molar-refractivity contribution in [3.8, 4) is 0 Å². The summed E-state index contributed by atoms with van der Waals surface area (Å²) in [5.74, 6) is -0.356. The molecule has 1 rings (SSSR count). The number of benzene rings is 1. The zero-order valence-electron chi connectivity index (χ0n) is 10.9. The molecule has 0 fully saturated rings. The number of amides is 1. The highest BCUT2D eigenvalue weighted by molar-refractivity contribution is 5.77. The van der Waals surface area contributed by atoms with E-state index in [4.69, 9.17) is 0 Å². The number of carbonyl (C=O) groups is 1. The molecule has 1 N–H and O–H groups in total. The number of aliphatic hydroxyl groups excluding tert-OH is 1. The molecular weight excluding hydrogens is 235 g/mol. The van der Waals surface area contributed by atoms with Crippen molar-refractivity contribution in [3.63, 3.8) is 0 Å². The summed E-state index contributed by atoms with van der Waals surface area (Å²) in [6.45, 7) is 0.566. The zero-order chi connectivity index (χ0) is 13.7. The van der Waals surface area contributed by atoms with E-state index in [-0.39, 0.29) is 18.3 Å². The van der Waals surface area contributed by atoms with Crippen LogP contribution in [0, 0.1) is 5.82 Å². The third kappa shape index (κ3) is 4.43. The number of carbonyl (C=O) groups excluding carboxylic acids is 1. The molecule has 0 aliphatic rings. The average Bonchev–Trinajstić information content (AvgIpc) is 2.29. The van der Waals surface area contributed by atoms with Gasteiger partial charge in [0, 0.05) is 20.6 Å². The van der Waals surface area contributed by atoms with Crippen LogP contribution in [0.5, 0.6) is 0 Å². The number of aliphatic hydroxyl groups is 1. The Bertz CT molecular complexity index is 392. The van der Waals surface area contributed by atoms with Gasteiger partial charge in [-0.15, -0.1) is 0 Å². The third-order valence-electron chi connectivity index (χ3n) is 2.64. The maximum absolute atomic E-state index is 12.7. The van der Waals surface area contributed by atoms with Crippen molar-refractivity contribution in [2.24, 2.45) is 0 Å². The summed E-state index contributed by atoms with van der Waals surface area (Å²) in [5, 5.41) is 9.94. The van der Waals surface area contributed by atoms with E-state index in [1.54, 1.807) is 38.2 Å². The first-order valence-corrected chi connectivity index (χ1v) is 5.72. The van der Waals surface area contributed by atoms with Gasteiger partial charge in [-0.05, 0) is 24.7 Å². The Morgan fingerprint density at radius 3 is 2.33 bits per heavy atom. The van der Waals surface area contributed by atoms with Gasteiger partial charge in [-0.1, -0.05) is 12.1 Å². The molecule has 1 aromatic rings. The van der Waals surface area contributed by atoms with Gasteiger partial charge in [-0.25, -0.2) is 4.39 Å². The lowest BCUT2D eigenvalue weighted by molar-refractivity contribution is -0.129. The van der Waals surface area contributed by atoms with E-state index in [2.05, 4.69) is 0 Å². The van der Waals surface area contributed by atoms with Crippen LogP contribution in [0.15, 0.2) is 24.3 Å². The Balaban J connectivity index is 2.51. The summed E-state index contributed by atoms with van der Waals surface area (Å²) in [6.07, 6.45) is -0.731. The number of nitrogens with zero attached hydrogens (tertiary/aromatic N) is 2. The lowest BCUT2D eigenvalue weighted by Gasteiger charge is -2.21. The van der Waals surface area contributed by atoms with Gasteiger partial charge in [0.15, 0.2) is 0 Å². The molecule has 0 aromatic heterocycles. The van der Waals surface area contributed by atoms with Crippen LogP contribution in [0.4, 0.5) is 4.39 Å². The van der Waals surface area contributed by atoms with E-state index >= 15 is 0 Å². The summed E-state index contributed by atoms with van der Waals surface area (Å²) in [5.41, 5.74) is 0.639. The number of likely N-dealkylation sites (N-methyl/N-ethyl adjacent to an activating group) is 2. The maximum Gasteiger partial charge on any atom is 0.236 e. The van der Waals surface area contributed by atoms with Gasteiger partial charge in [0.25, 0.3) is 0 Å². The molecule has 18 heavy (non-hydrogen) atoms. The maximum atomic E-state index is 12.7. The molecule has 0 bridgehead atoms. The smallest absolute Gasteiger partial charge is 0.236 e. The van der Waals surface area contributed by atoms with E-state index in [1.165, 1.54) is 17.0 Å². The Kier molecular flexibility index (Phi) is 5.25. The second kappa shape index (κ2) is 6.47. The van der Waals surface area contributed by atoms with Crippen molar-refractivity contribution in [2.45, 2.75) is 6.10 Å². The van der Waals surface area contributed by atoms with Gasteiger partial charge in [-0.2, -0.15) is 0 Å². The normalized spacial score (nSPS) is 12.6. The molecule has 0 heterocycles. The van der Waals surface area contributed by atoms with Crippen LogP contribution in [0.3, 0.4) is 0 Å². The highest BCUT2D eigenvalue weighted by Crippen LogP contribution is 2.14. The van der Waals surface area contributed by atoms with Crippen LogP contribution in [0.1, 0.15) is 11.7 Å². The first kappa shape index (κ1) is 14.6. The average molecular weight is 254 g/mol. The topological polar surface area (TPSA) is 43.8 Å². The Labute approximate surface area is 107 Å². The summed E-state index contributed by atoms with van der Waals surface area (Å²) in [4.78, 5) is 14.7. The SMILES string of the molecule is CN(CC(=O)N(C)C)C[C@H](O)c1ccc(F)cc1. The molecular formula is C13H19FN2O2. The van der Waals surface area contributed by atoms with E-state index in [0.717, 1.165) is 0 Å². The van der Waals surface area contributed by atoms with Crippen LogP contribution in [0.2, 0.25) is 0 Å². The molecule has 100 valence electrons. The summed E-state index contributed by atoms with van der Waals surface area (Å²) in [6, 6.07) is 5.70. The van der Waals surface area contributed by atoms with Crippen LogP contribution in [-0.2, 0) is 4.79 Å². The predicted molar refractivity (Wildman–Crippen MR) is 67.6 cm³/mol. The third-order valence-corrected chi connectivity index (χ3v) is 2.64. The van der Waals surface area contributed by atoms with E-state index in [1.807, 2.05) is 0 Å². The number of halogens is 1. The number of hydrogen-bond acceptors (Lipinski definition) is 3. The Morgan fingerprint density at radius 2 is 1.83 bits per heavy atom. The number of rotatable bonds is 5. The Morgan fingerprint density at radius 1 is 1.28 bits per heavy atom. The van der Waals surface area contributed by atoms with Crippen LogP contribution in [-0.4, -0.2) is 55.0 Å². The zero-order valence-corrected chi connectivity index (χ0v) is 10.9. The molecule has 0 saturated carbocycles. The molecule has 5 heteroatoms. The molecule has 0 aliphatic carbocycles. The molecule has 4 nitrogen and oxygen atoms in total. The Hall–Kier alpha value is -1.46. The highest BCUT2D eigenvalue weighted by Gasteiger charge is 2.14. The highest BCUT2D eigenvalue weighted by atomic mass is 19.1. The van der Waals surface area contributed by atoms with Gasteiger partial charge in [0.05, 0.1) is 12.6 Å². The fraction of sp³-hybridized carbons (Fsp3) is 0.462. The standard InChI is InChI=1S/C13H19FN2O2/c1-15(2)13(18)9-16(3)8-12(17)10-4-6-11(14)7-5-10/h4-7,12,17H,8-9H2,1-3H3/t12-/m0/s1. The number of hydrogen-bond donors (Lipinski definition) is 1. The van der Waals surface area contributed by atoms with Crippen molar-refractivity contribution in [2.75, 3.05) is 34.2 Å². The van der Waals surface area contributed by atoms with Crippen molar-refractivity contribution in [1.82, 2.24) is 9.80 Å². The van der Waals surface area contributed by atoms with Crippen LogP contribution in [0.25, 0.3) is 0 Å². The van der Waals surface area contributed by atoms with E-state index in [9.17, 15) is 14.3 Å². The van der Waals surface area contributed by atoms with Gasteiger partial charge >= 0.3 is 0 Å². The van der Waals surface area contributed by atoms with E-state index < -0.39 is 6.10 Å². The summed E-state index contributed by atoms with van der Waals surface area (Å²) in [7, 11) is 5.13. The lowest BCUT2D eigenvalue weighted by Crippen LogP contribution is -2.36. The van der Waals surface area contributed by atoms with Crippen molar-refractivity contribution in [1.29, 1.82) is 0 Å². The van der Waals surface area contributed by atoms with Crippen molar-refractivity contribution < 1.29 is 14.3 Å². The molecule has 0 unspecified atom stereocenters. The molecule has 1 atom stereocenters. The summed E-state index contributed by atoms with van der Waals surface area (Å²) >= 11 is 0. The molecule has 1 amide bonds. The minimum Gasteiger partial charge on any atom is -0.387 e. The predicted octanol–water partition coefficient (Wildman–Crippen LogP) is 0.879. The van der Waals surface area contributed by atoms with Gasteiger partial charge in [-0.3, -0.25) is 9.69 Å². The first-order chi connectivity index (χ1) is 8.40. The monoisotopic (exact) mass is 254 g/mol. The molecule has 0 radical (unpaired) electrons. The minimum atomic E-state index is -0.731. The second-order valence-corrected chi connectivity index (χ2v) is 4.55.